The zero-order chi connectivity index (χ0) is 12.2. The van der Waals surface area contributed by atoms with E-state index in [4.69, 9.17) is 15.9 Å². The molecular formula is C12H25N3O. The Bertz CT molecular complexity index is 234. The van der Waals surface area contributed by atoms with Crippen LogP contribution in [0.2, 0.25) is 0 Å². The maximum absolute atomic E-state index is 7.49. The van der Waals surface area contributed by atoms with Crippen LogP contribution in [0.25, 0.3) is 0 Å². The molecule has 16 heavy (non-hydrogen) atoms. The number of nitrogens with two attached hydrogens (primary N) is 1. The Labute approximate surface area is 98.6 Å². The lowest BCUT2D eigenvalue weighted by molar-refractivity contribution is 0.157. The van der Waals surface area contributed by atoms with Gasteiger partial charge in [-0.15, -0.1) is 0 Å². The van der Waals surface area contributed by atoms with Gasteiger partial charge in [0.2, 0.25) is 0 Å². The van der Waals surface area contributed by atoms with E-state index >= 15 is 0 Å². The molecular weight excluding hydrogens is 202 g/mol. The highest BCUT2D eigenvalue weighted by atomic mass is 16.5. The van der Waals surface area contributed by atoms with Crippen LogP contribution >= 0.6 is 0 Å². The van der Waals surface area contributed by atoms with Crippen LogP contribution in [0.5, 0.6) is 0 Å². The predicted octanol–water partition coefficient (Wildman–Crippen LogP) is 1.45. The number of ether oxygens (including phenoxy) is 1. The molecule has 0 saturated carbocycles. The lowest BCUT2D eigenvalue weighted by Gasteiger charge is -2.26. The van der Waals surface area contributed by atoms with Gasteiger partial charge in [-0.2, -0.15) is 0 Å². The van der Waals surface area contributed by atoms with Gasteiger partial charge in [-0.25, -0.2) is 0 Å². The van der Waals surface area contributed by atoms with Crippen molar-refractivity contribution < 1.29 is 4.74 Å². The molecule has 4 nitrogen and oxygen atoms in total. The van der Waals surface area contributed by atoms with Crippen molar-refractivity contribution in [3.63, 3.8) is 0 Å². The van der Waals surface area contributed by atoms with Crippen molar-refractivity contribution in [2.45, 2.75) is 39.2 Å². The monoisotopic (exact) mass is 227 g/mol. The number of hydrogen-bond donors (Lipinski definition) is 2. The maximum Gasteiger partial charge on any atom is 0.0963 e. The summed E-state index contributed by atoms with van der Waals surface area (Å²) in [7, 11) is 2.15. The Hall–Kier alpha value is -0.610. The molecule has 0 aromatic rings. The minimum absolute atomic E-state index is 0.160. The molecule has 1 atom stereocenters. The minimum Gasteiger partial charge on any atom is -0.387 e. The van der Waals surface area contributed by atoms with E-state index in [1.807, 2.05) is 13.8 Å². The van der Waals surface area contributed by atoms with Crippen LogP contribution in [-0.4, -0.2) is 43.6 Å². The van der Waals surface area contributed by atoms with E-state index in [0.29, 0.717) is 11.9 Å². The van der Waals surface area contributed by atoms with Crippen LogP contribution < -0.4 is 5.73 Å². The summed E-state index contributed by atoms with van der Waals surface area (Å²) in [6.45, 7) is 6.90. The standard InChI is InChI=1S/C12H25N3O/c1-12(2,11(13)14)6-4-7-15(3)10-5-8-16-9-10/h10H,4-9H2,1-3H3,(H3,13,14). The lowest BCUT2D eigenvalue weighted by Crippen LogP contribution is -2.35. The number of likely N-dealkylation sites (N-methyl/N-ethyl adjacent to an activating group) is 1. The summed E-state index contributed by atoms with van der Waals surface area (Å²) in [6, 6.07) is 0.584. The van der Waals surface area contributed by atoms with E-state index in [9.17, 15) is 0 Å². The summed E-state index contributed by atoms with van der Waals surface area (Å²) in [4.78, 5) is 2.36. The molecule has 0 aromatic heterocycles. The molecule has 1 fully saturated rings. The van der Waals surface area contributed by atoms with Crippen molar-refractivity contribution in [2.24, 2.45) is 11.1 Å². The first-order chi connectivity index (χ1) is 7.43. The van der Waals surface area contributed by atoms with Gasteiger partial charge in [-0.05, 0) is 32.9 Å². The summed E-state index contributed by atoms with van der Waals surface area (Å²) in [5, 5.41) is 7.49. The fraction of sp³-hybridized carbons (Fsp3) is 0.917. The average molecular weight is 227 g/mol. The van der Waals surface area contributed by atoms with Crippen LogP contribution in [0.3, 0.4) is 0 Å². The molecule has 1 unspecified atom stereocenters. The second-order valence-corrected chi connectivity index (χ2v) is 5.40. The maximum atomic E-state index is 7.49. The third kappa shape index (κ3) is 3.76. The molecule has 0 radical (unpaired) electrons. The molecule has 1 heterocycles. The molecule has 1 rings (SSSR count). The topological polar surface area (TPSA) is 62.3 Å². The summed E-state index contributed by atoms with van der Waals surface area (Å²) in [5.74, 6) is 0.291. The Morgan fingerprint density at radius 3 is 2.75 bits per heavy atom. The van der Waals surface area contributed by atoms with Crippen LogP contribution in [-0.2, 0) is 4.74 Å². The summed E-state index contributed by atoms with van der Waals surface area (Å²) in [5.41, 5.74) is 5.40. The molecule has 0 aromatic carbocycles. The summed E-state index contributed by atoms with van der Waals surface area (Å²) < 4.78 is 5.37. The molecule has 4 heteroatoms. The lowest BCUT2D eigenvalue weighted by atomic mass is 9.86. The highest BCUT2D eigenvalue weighted by Crippen LogP contribution is 2.22. The van der Waals surface area contributed by atoms with Gasteiger partial charge in [-0.1, -0.05) is 13.8 Å². The van der Waals surface area contributed by atoms with E-state index in [0.717, 1.165) is 39.0 Å². The number of hydrogen-bond acceptors (Lipinski definition) is 3. The van der Waals surface area contributed by atoms with Gasteiger partial charge in [0, 0.05) is 18.1 Å². The molecule has 0 spiro atoms. The van der Waals surface area contributed by atoms with Gasteiger partial charge in [0.05, 0.1) is 12.4 Å². The average Bonchev–Trinajstić information content (AvgIpc) is 2.69. The van der Waals surface area contributed by atoms with Gasteiger partial charge in [0.15, 0.2) is 0 Å². The zero-order valence-electron chi connectivity index (χ0n) is 10.8. The Kier molecular flexibility index (Phi) is 4.74. The molecule has 0 aliphatic carbocycles. The second-order valence-electron chi connectivity index (χ2n) is 5.40. The Morgan fingerprint density at radius 2 is 2.25 bits per heavy atom. The van der Waals surface area contributed by atoms with Gasteiger partial charge < -0.3 is 15.4 Å². The van der Waals surface area contributed by atoms with Gasteiger partial charge >= 0.3 is 0 Å². The Balaban J connectivity index is 2.21. The van der Waals surface area contributed by atoms with Gasteiger partial charge in [0.1, 0.15) is 0 Å². The van der Waals surface area contributed by atoms with E-state index in [2.05, 4.69) is 11.9 Å². The third-order valence-electron chi connectivity index (χ3n) is 3.57. The van der Waals surface area contributed by atoms with E-state index in [-0.39, 0.29) is 5.41 Å². The smallest absolute Gasteiger partial charge is 0.0963 e. The highest BCUT2D eigenvalue weighted by molar-refractivity contribution is 5.82. The van der Waals surface area contributed by atoms with E-state index < -0.39 is 0 Å². The number of rotatable bonds is 6. The number of amidine groups is 1. The van der Waals surface area contributed by atoms with Crippen molar-refractivity contribution in [1.29, 1.82) is 5.41 Å². The van der Waals surface area contributed by atoms with Crippen LogP contribution in [0.15, 0.2) is 0 Å². The number of nitrogens with one attached hydrogen (secondary N) is 1. The highest BCUT2D eigenvalue weighted by Gasteiger charge is 2.23. The van der Waals surface area contributed by atoms with E-state index in [1.54, 1.807) is 0 Å². The summed E-state index contributed by atoms with van der Waals surface area (Å²) >= 11 is 0. The minimum atomic E-state index is -0.160. The largest absolute Gasteiger partial charge is 0.387 e. The van der Waals surface area contributed by atoms with Crippen LogP contribution in [0, 0.1) is 10.8 Å². The predicted molar refractivity (Wildman–Crippen MR) is 66.8 cm³/mol. The molecule has 3 N–H and O–H groups in total. The molecule has 1 saturated heterocycles. The molecule has 94 valence electrons. The molecule has 0 amide bonds. The molecule has 1 aliphatic rings. The van der Waals surface area contributed by atoms with Crippen molar-refractivity contribution in [3.8, 4) is 0 Å². The van der Waals surface area contributed by atoms with Crippen molar-refractivity contribution >= 4 is 5.84 Å². The Morgan fingerprint density at radius 1 is 1.56 bits per heavy atom. The fourth-order valence-corrected chi connectivity index (χ4v) is 1.96. The first-order valence-corrected chi connectivity index (χ1v) is 6.06. The normalized spacial score (nSPS) is 21.6. The molecule has 0 bridgehead atoms. The van der Waals surface area contributed by atoms with Gasteiger partial charge in [0.25, 0.3) is 0 Å². The SMILES string of the molecule is CN(CCCC(C)(C)C(=N)N)C1CCOC1. The van der Waals surface area contributed by atoms with Crippen molar-refractivity contribution in [1.82, 2.24) is 4.90 Å². The zero-order valence-corrected chi connectivity index (χ0v) is 10.8. The fourth-order valence-electron chi connectivity index (χ4n) is 1.96. The number of nitrogens with zero attached hydrogens (tertiary/aromatic N) is 1. The van der Waals surface area contributed by atoms with E-state index in [1.165, 1.54) is 0 Å². The van der Waals surface area contributed by atoms with Crippen LogP contribution in [0.4, 0.5) is 0 Å². The molecule has 1 aliphatic heterocycles. The quantitative estimate of drug-likeness (QED) is 0.533. The third-order valence-corrected chi connectivity index (χ3v) is 3.57. The second kappa shape index (κ2) is 5.64. The first kappa shape index (κ1) is 13.5. The van der Waals surface area contributed by atoms with Crippen molar-refractivity contribution in [3.05, 3.63) is 0 Å². The summed E-state index contributed by atoms with van der Waals surface area (Å²) in [6.07, 6.45) is 3.20. The van der Waals surface area contributed by atoms with Gasteiger partial charge in [-0.3, -0.25) is 5.41 Å². The van der Waals surface area contributed by atoms with Crippen LogP contribution in [0.1, 0.15) is 33.1 Å². The first-order valence-electron chi connectivity index (χ1n) is 6.06. The van der Waals surface area contributed by atoms with Crippen molar-refractivity contribution in [2.75, 3.05) is 26.8 Å².